The quantitative estimate of drug-likeness (QED) is 0.778. The molecule has 2 heterocycles. The molecule has 2 aliphatic heterocycles. The predicted octanol–water partition coefficient (Wildman–Crippen LogP) is 1.97. The summed E-state index contributed by atoms with van der Waals surface area (Å²) < 4.78 is 38.6. The van der Waals surface area contributed by atoms with Gasteiger partial charge in [-0.15, -0.1) is 0 Å². The van der Waals surface area contributed by atoms with Crippen LogP contribution in [0, 0.1) is 0 Å². The molecule has 2 aromatic rings. The number of fused-ring (bicyclic) bond motifs is 1. The van der Waals surface area contributed by atoms with Crippen molar-refractivity contribution < 1.29 is 22.7 Å². The van der Waals surface area contributed by atoms with Crippen molar-refractivity contribution in [1.82, 2.24) is 9.62 Å². The highest BCUT2D eigenvalue weighted by Gasteiger charge is 2.39. The Morgan fingerprint density at radius 1 is 1.07 bits per heavy atom. The van der Waals surface area contributed by atoms with Gasteiger partial charge in [-0.1, -0.05) is 30.3 Å². The fourth-order valence-electron chi connectivity index (χ4n) is 3.70. The van der Waals surface area contributed by atoms with Crippen molar-refractivity contribution in [3.05, 3.63) is 54.1 Å². The van der Waals surface area contributed by atoms with Crippen LogP contribution in [0.25, 0.3) is 0 Å². The third-order valence-electron chi connectivity index (χ3n) is 5.18. The van der Waals surface area contributed by atoms with Crippen LogP contribution < -0.4 is 14.8 Å². The molecule has 1 atom stereocenters. The summed E-state index contributed by atoms with van der Waals surface area (Å²) in [7, 11) is -3.81. The summed E-state index contributed by atoms with van der Waals surface area (Å²) in [5, 5.41) is 2.89. The summed E-state index contributed by atoms with van der Waals surface area (Å²) in [6.07, 6.45) is 1.87. The Balaban J connectivity index is 1.44. The highest BCUT2D eigenvalue weighted by molar-refractivity contribution is 7.89. The zero-order chi connectivity index (χ0) is 20.3. The molecule has 154 valence electrons. The fraction of sp³-hybridized carbons (Fsp3) is 0.381. The summed E-state index contributed by atoms with van der Waals surface area (Å²) in [6.45, 7) is 1.62. The third kappa shape index (κ3) is 4.23. The van der Waals surface area contributed by atoms with Gasteiger partial charge in [0.25, 0.3) is 0 Å². The summed E-state index contributed by atoms with van der Waals surface area (Å²) in [4.78, 5) is 12.8. The van der Waals surface area contributed by atoms with Gasteiger partial charge in [-0.25, -0.2) is 8.42 Å². The molecular weight excluding hydrogens is 392 g/mol. The van der Waals surface area contributed by atoms with Crippen LogP contribution in [0.4, 0.5) is 0 Å². The maximum Gasteiger partial charge on any atom is 0.243 e. The van der Waals surface area contributed by atoms with Crippen LogP contribution in [0.15, 0.2) is 53.4 Å². The average molecular weight is 416 g/mol. The minimum atomic E-state index is -3.81. The normalized spacial score (nSPS) is 19.1. The molecule has 7 nitrogen and oxygen atoms in total. The molecule has 2 aliphatic rings. The fourth-order valence-corrected chi connectivity index (χ4v) is 5.37. The van der Waals surface area contributed by atoms with Crippen LogP contribution in [0.5, 0.6) is 11.5 Å². The first-order chi connectivity index (χ1) is 14.1. The standard InChI is InChI=1S/C21H24N2O5S/c24-21(22-11-10-16-5-2-1-3-6-16)18-7-4-12-23(18)29(25,26)17-8-9-19-20(15-17)28-14-13-27-19/h1-3,5-6,8-9,15,18H,4,7,10-14H2,(H,22,24). The summed E-state index contributed by atoms with van der Waals surface area (Å²) >= 11 is 0. The van der Waals surface area contributed by atoms with Gasteiger partial charge < -0.3 is 14.8 Å². The average Bonchev–Trinajstić information content (AvgIpc) is 3.25. The first-order valence-corrected chi connectivity index (χ1v) is 11.2. The van der Waals surface area contributed by atoms with Crippen LogP contribution in [0.2, 0.25) is 0 Å². The van der Waals surface area contributed by atoms with Gasteiger partial charge in [0.05, 0.1) is 4.90 Å². The first-order valence-electron chi connectivity index (χ1n) is 9.79. The van der Waals surface area contributed by atoms with E-state index < -0.39 is 16.1 Å². The van der Waals surface area contributed by atoms with Gasteiger partial charge in [0.2, 0.25) is 15.9 Å². The zero-order valence-electron chi connectivity index (χ0n) is 16.0. The lowest BCUT2D eigenvalue weighted by molar-refractivity contribution is -0.124. The van der Waals surface area contributed by atoms with Crippen molar-refractivity contribution in [2.45, 2.75) is 30.2 Å². The first kappa shape index (κ1) is 19.7. The van der Waals surface area contributed by atoms with E-state index in [1.54, 1.807) is 6.07 Å². The van der Waals surface area contributed by atoms with Gasteiger partial charge >= 0.3 is 0 Å². The number of benzene rings is 2. The molecule has 4 rings (SSSR count). The van der Waals surface area contributed by atoms with Gasteiger partial charge in [-0.2, -0.15) is 4.31 Å². The van der Waals surface area contributed by atoms with Crippen molar-refractivity contribution in [3.8, 4) is 11.5 Å². The lowest BCUT2D eigenvalue weighted by atomic mass is 10.1. The molecule has 0 radical (unpaired) electrons. The smallest absolute Gasteiger partial charge is 0.243 e. The predicted molar refractivity (Wildman–Crippen MR) is 108 cm³/mol. The summed E-state index contributed by atoms with van der Waals surface area (Å²) in [5.74, 6) is 0.701. The molecule has 1 N–H and O–H groups in total. The SMILES string of the molecule is O=C(NCCc1ccccc1)C1CCCN1S(=O)(=O)c1ccc2c(c1)OCCO2. The van der Waals surface area contributed by atoms with Gasteiger partial charge in [-0.3, -0.25) is 4.79 Å². The molecular formula is C21H24N2O5S. The van der Waals surface area contributed by atoms with E-state index in [0.29, 0.717) is 57.1 Å². The number of carbonyl (C=O) groups excluding carboxylic acids is 1. The highest BCUT2D eigenvalue weighted by Crippen LogP contribution is 2.34. The van der Waals surface area contributed by atoms with E-state index in [-0.39, 0.29) is 10.8 Å². The second kappa shape index (κ2) is 8.42. The Morgan fingerprint density at radius 2 is 1.83 bits per heavy atom. The van der Waals surface area contributed by atoms with E-state index in [0.717, 1.165) is 5.56 Å². The van der Waals surface area contributed by atoms with Gasteiger partial charge in [0, 0.05) is 19.2 Å². The maximum absolute atomic E-state index is 13.2. The third-order valence-corrected chi connectivity index (χ3v) is 7.09. The number of nitrogens with zero attached hydrogens (tertiary/aromatic N) is 1. The second-order valence-electron chi connectivity index (χ2n) is 7.11. The van der Waals surface area contributed by atoms with E-state index in [9.17, 15) is 13.2 Å². The molecule has 0 bridgehead atoms. The molecule has 8 heteroatoms. The van der Waals surface area contributed by atoms with Crippen LogP contribution in [-0.2, 0) is 21.2 Å². The molecule has 0 aliphatic carbocycles. The van der Waals surface area contributed by atoms with Crippen LogP contribution >= 0.6 is 0 Å². The molecule has 1 fully saturated rings. The summed E-state index contributed by atoms with van der Waals surface area (Å²) in [6, 6.07) is 13.8. The van der Waals surface area contributed by atoms with Crippen LogP contribution in [0.1, 0.15) is 18.4 Å². The number of carbonyl (C=O) groups is 1. The lowest BCUT2D eigenvalue weighted by Gasteiger charge is -2.24. The van der Waals surface area contributed by atoms with E-state index in [2.05, 4.69) is 5.32 Å². The Labute approximate surface area is 170 Å². The number of amides is 1. The van der Waals surface area contributed by atoms with E-state index >= 15 is 0 Å². The van der Waals surface area contributed by atoms with E-state index in [1.165, 1.54) is 16.4 Å². The highest BCUT2D eigenvalue weighted by atomic mass is 32.2. The number of sulfonamides is 1. The van der Waals surface area contributed by atoms with Crippen LogP contribution in [-0.4, -0.2) is 51.0 Å². The Hall–Kier alpha value is -2.58. The Kier molecular flexibility index (Phi) is 5.73. The molecule has 0 aromatic heterocycles. The lowest BCUT2D eigenvalue weighted by Crippen LogP contribution is -2.46. The molecule has 29 heavy (non-hydrogen) atoms. The maximum atomic E-state index is 13.2. The second-order valence-corrected chi connectivity index (χ2v) is 9.00. The van der Waals surface area contributed by atoms with E-state index in [4.69, 9.17) is 9.47 Å². The van der Waals surface area contributed by atoms with Crippen molar-refractivity contribution in [3.63, 3.8) is 0 Å². The molecule has 0 saturated carbocycles. The van der Waals surface area contributed by atoms with Crippen molar-refractivity contribution in [1.29, 1.82) is 0 Å². The molecule has 1 amide bonds. The number of ether oxygens (including phenoxy) is 2. The van der Waals surface area contributed by atoms with Crippen LogP contribution in [0.3, 0.4) is 0 Å². The Bertz CT molecular complexity index is 978. The van der Waals surface area contributed by atoms with Gasteiger partial charge in [0.15, 0.2) is 11.5 Å². The summed E-state index contributed by atoms with van der Waals surface area (Å²) in [5.41, 5.74) is 1.12. The van der Waals surface area contributed by atoms with E-state index in [1.807, 2.05) is 30.3 Å². The number of nitrogens with one attached hydrogen (secondary N) is 1. The molecule has 2 aromatic carbocycles. The molecule has 1 saturated heterocycles. The number of hydrogen-bond donors (Lipinski definition) is 1. The van der Waals surface area contributed by atoms with Gasteiger partial charge in [-0.05, 0) is 37.0 Å². The monoisotopic (exact) mass is 416 g/mol. The van der Waals surface area contributed by atoms with Crippen molar-refractivity contribution in [2.75, 3.05) is 26.3 Å². The Morgan fingerprint density at radius 3 is 2.62 bits per heavy atom. The van der Waals surface area contributed by atoms with Crippen molar-refractivity contribution >= 4 is 15.9 Å². The zero-order valence-corrected chi connectivity index (χ0v) is 16.9. The molecule has 0 spiro atoms. The number of hydrogen-bond acceptors (Lipinski definition) is 5. The minimum Gasteiger partial charge on any atom is -0.486 e. The van der Waals surface area contributed by atoms with Gasteiger partial charge in [0.1, 0.15) is 19.3 Å². The topological polar surface area (TPSA) is 84.9 Å². The largest absolute Gasteiger partial charge is 0.486 e. The number of rotatable bonds is 6. The minimum absolute atomic E-state index is 0.116. The van der Waals surface area contributed by atoms with Crippen molar-refractivity contribution in [2.24, 2.45) is 0 Å². The molecule has 1 unspecified atom stereocenters.